The van der Waals surface area contributed by atoms with Gasteiger partial charge in [0, 0.05) is 17.3 Å². The predicted molar refractivity (Wildman–Crippen MR) is 90.6 cm³/mol. The van der Waals surface area contributed by atoms with Gasteiger partial charge in [0.2, 0.25) is 0 Å². The largest absolute Gasteiger partial charge is 0.507 e. The SMILES string of the molecule is O=C(N/N=C/c1ccccc1O)C(=O)Nc1ccc(Cl)c([N+](=O)[O-])c1. The van der Waals surface area contributed by atoms with E-state index in [0.717, 1.165) is 12.3 Å². The van der Waals surface area contributed by atoms with Crippen molar-refractivity contribution in [3.63, 3.8) is 0 Å². The van der Waals surface area contributed by atoms with Crippen molar-refractivity contribution in [1.29, 1.82) is 0 Å². The number of rotatable bonds is 4. The number of benzene rings is 2. The average Bonchev–Trinajstić information content (AvgIpc) is 2.57. The fourth-order valence-corrected chi connectivity index (χ4v) is 1.91. The number of hydrazone groups is 1. The molecule has 0 heterocycles. The normalized spacial score (nSPS) is 10.4. The molecule has 0 unspecified atom stereocenters. The van der Waals surface area contributed by atoms with Crippen LogP contribution in [0.25, 0.3) is 0 Å². The molecule has 2 aromatic carbocycles. The van der Waals surface area contributed by atoms with Crippen molar-refractivity contribution in [3.8, 4) is 5.75 Å². The molecule has 2 aromatic rings. The first-order valence-corrected chi connectivity index (χ1v) is 7.12. The van der Waals surface area contributed by atoms with Crippen molar-refractivity contribution in [3.05, 3.63) is 63.2 Å². The molecule has 0 saturated carbocycles. The topological polar surface area (TPSA) is 134 Å². The lowest BCUT2D eigenvalue weighted by atomic mass is 10.2. The second-order valence-corrected chi connectivity index (χ2v) is 5.04. The van der Waals surface area contributed by atoms with E-state index < -0.39 is 22.4 Å². The Morgan fingerprint density at radius 2 is 1.92 bits per heavy atom. The molecule has 25 heavy (non-hydrogen) atoms. The number of anilines is 1. The molecular formula is C15H11ClN4O5. The van der Waals surface area contributed by atoms with Crippen LogP contribution in [0.4, 0.5) is 11.4 Å². The highest BCUT2D eigenvalue weighted by molar-refractivity contribution is 6.39. The lowest BCUT2D eigenvalue weighted by molar-refractivity contribution is -0.384. The van der Waals surface area contributed by atoms with Crippen molar-refractivity contribution >= 4 is 41.0 Å². The van der Waals surface area contributed by atoms with Crippen LogP contribution >= 0.6 is 11.6 Å². The second-order valence-electron chi connectivity index (χ2n) is 4.64. The molecule has 10 heteroatoms. The second kappa shape index (κ2) is 7.88. The van der Waals surface area contributed by atoms with E-state index in [9.17, 15) is 24.8 Å². The zero-order chi connectivity index (χ0) is 18.4. The van der Waals surface area contributed by atoms with Gasteiger partial charge < -0.3 is 10.4 Å². The van der Waals surface area contributed by atoms with Crippen LogP contribution in [0, 0.1) is 10.1 Å². The van der Waals surface area contributed by atoms with E-state index >= 15 is 0 Å². The molecule has 0 aromatic heterocycles. The summed E-state index contributed by atoms with van der Waals surface area (Å²) in [6.07, 6.45) is 1.16. The Balaban J connectivity index is 1.99. The van der Waals surface area contributed by atoms with Crippen molar-refractivity contribution in [2.45, 2.75) is 0 Å². The van der Waals surface area contributed by atoms with E-state index in [4.69, 9.17) is 11.6 Å². The lowest BCUT2D eigenvalue weighted by Crippen LogP contribution is -2.32. The summed E-state index contributed by atoms with van der Waals surface area (Å²) >= 11 is 5.66. The van der Waals surface area contributed by atoms with Gasteiger partial charge >= 0.3 is 11.8 Å². The first-order valence-electron chi connectivity index (χ1n) is 6.75. The molecule has 0 aliphatic rings. The quantitative estimate of drug-likeness (QED) is 0.331. The minimum atomic E-state index is -1.09. The van der Waals surface area contributed by atoms with Crippen LogP contribution in [0.2, 0.25) is 5.02 Å². The van der Waals surface area contributed by atoms with Crippen LogP contribution in [0.15, 0.2) is 47.6 Å². The average molecular weight is 363 g/mol. The number of halogens is 1. The number of aromatic hydroxyl groups is 1. The van der Waals surface area contributed by atoms with Crippen LogP contribution in [0.1, 0.15) is 5.56 Å². The molecule has 3 N–H and O–H groups in total. The molecule has 2 amide bonds. The first-order chi connectivity index (χ1) is 11.9. The first kappa shape index (κ1) is 17.9. The van der Waals surface area contributed by atoms with E-state index in [2.05, 4.69) is 10.4 Å². The van der Waals surface area contributed by atoms with Gasteiger partial charge in [-0.1, -0.05) is 23.7 Å². The molecule has 0 bridgehead atoms. The molecule has 0 fully saturated rings. The molecule has 0 saturated heterocycles. The highest BCUT2D eigenvalue weighted by Gasteiger charge is 2.17. The third kappa shape index (κ3) is 4.75. The van der Waals surface area contributed by atoms with Gasteiger partial charge in [0.15, 0.2) is 0 Å². The maximum atomic E-state index is 11.7. The van der Waals surface area contributed by atoms with E-state index in [-0.39, 0.29) is 16.5 Å². The monoisotopic (exact) mass is 362 g/mol. The van der Waals surface area contributed by atoms with Crippen molar-refractivity contribution in [1.82, 2.24) is 5.43 Å². The number of para-hydroxylation sites is 1. The van der Waals surface area contributed by atoms with Gasteiger partial charge in [0.05, 0.1) is 11.1 Å². The van der Waals surface area contributed by atoms with Crippen molar-refractivity contribution in [2.24, 2.45) is 5.10 Å². The van der Waals surface area contributed by atoms with Gasteiger partial charge in [-0.3, -0.25) is 19.7 Å². The highest BCUT2D eigenvalue weighted by Crippen LogP contribution is 2.27. The van der Waals surface area contributed by atoms with Crippen LogP contribution < -0.4 is 10.7 Å². The van der Waals surface area contributed by atoms with Gasteiger partial charge in [-0.25, -0.2) is 5.43 Å². The zero-order valence-electron chi connectivity index (χ0n) is 12.5. The Morgan fingerprint density at radius 3 is 2.60 bits per heavy atom. The Kier molecular flexibility index (Phi) is 5.64. The van der Waals surface area contributed by atoms with E-state index in [0.29, 0.717) is 5.56 Å². The summed E-state index contributed by atoms with van der Waals surface area (Å²) in [7, 11) is 0. The number of carbonyl (C=O) groups excluding carboxylic acids is 2. The number of phenolic OH excluding ortho intramolecular Hbond substituents is 1. The minimum Gasteiger partial charge on any atom is -0.507 e. The van der Waals surface area contributed by atoms with E-state index in [1.165, 1.54) is 18.2 Å². The number of carbonyl (C=O) groups is 2. The fraction of sp³-hybridized carbons (Fsp3) is 0. The molecular weight excluding hydrogens is 352 g/mol. The number of nitro groups is 1. The molecule has 0 spiro atoms. The van der Waals surface area contributed by atoms with Gasteiger partial charge in [0.1, 0.15) is 10.8 Å². The molecule has 0 atom stereocenters. The maximum absolute atomic E-state index is 11.7. The Hall–Kier alpha value is -3.46. The zero-order valence-corrected chi connectivity index (χ0v) is 13.2. The van der Waals surface area contributed by atoms with Gasteiger partial charge in [0.25, 0.3) is 5.69 Å². The summed E-state index contributed by atoms with van der Waals surface area (Å²) in [6.45, 7) is 0. The molecule has 9 nitrogen and oxygen atoms in total. The van der Waals surface area contributed by atoms with Crippen LogP contribution in [0.3, 0.4) is 0 Å². The number of nitrogens with one attached hydrogen (secondary N) is 2. The van der Waals surface area contributed by atoms with Gasteiger partial charge in [-0.2, -0.15) is 5.10 Å². The highest BCUT2D eigenvalue weighted by atomic mass is 35.5. The third-order valence-electron chi connectivity index (χ3n) is 2.91. The number of hydrogen-bond donors (Lipinski definition) is 3. The van der Waals surface area contributed by atoms with E-state index in [1.807, 2.05) is 5.43 Å². The summed E-state index contributed by atoms with van der Waals surface area (Å²) in [5.41, 5.74) is 1.94. The number of nitrogens with zero attached hydrogens (tertiary/aromatic N) is 2. The molecule has 2 rings (SSSR count). The van der Waals surface area contributed by atoms with Gasteiger partial charge in [-0.05, 0) is 24.3 Å². The summed E-state index contributed by atoms with van der Waals surface area (Å²) in [5.74, 6) is -2.21. The fourth-order valence-electron chi connectivity index (χ4n) is 1.73. The molecule has 128 valence electrons. The number of phenols is 1. The Bertz CT molecular complexity index is 869. The van der Waals surface area contributed by atoms with Crippen LogP contribution in [0.5, 0.6) is 5.75 Å². The summed E-state index contributed by atoms with van der Waals surface area (Å²) in [6, 6.07) is 9.82. The lowest BCUT2D eigenvalue weighted by Gasteiger charge is -2.04. The van der Waals surface area contributed by atoms with Crippen molar-refractivity contribution < 1.29 is 19.6 Å². The predicted octanol–water partition coefficient (Wildman–Crippen LogP) is 2.04. The van der Waals surface area contributed by atoms with Gasteiger partial charge in [-0.15, -0.1) is 0 Å². The van der Waals surface area contributed by atoms with Crippen molar-refractivity contribution in [2.75, 3.05) is 5.32 Å². The Labute approximate surface area is 146 Å². The molecule has 0 aliphatic heterocycles. The van der Waals surface area contributed by atoms with Crippen LogP contribution in [-0.4, -0.2) is 28.1 Å². The molecule has 0 aliphatic carbocycles. The number of nitro benzene ring substituents is 1. The summed E-state index contributed by atoms with van der Waals surface area (Å²) in [4.78, 5) is 33.5. The third-order valence-corrected chi connectivity index (χ3v) is 3.23. The van der Waals surface area contributed by atoms with Crippen LogP contribution in [-0.2, 0) is 9.59 Å². The smallest absolute Gasteiger partial charge is 0.329 e. The number of amides is 2. The maximum Gasteiger partial charge on any atom is 0.329 e. The summed E-state index contributed by atoms with van der Waals surface area (Å²) < 4.78 is 0. The van der Waals surface area contributed by atoms with E-state index in [1.54, 1.807) is 18.2 Å². The standard InChI is InChI=1S/C15H11ClN4O5/c16-11-6-5-10(7-12(11)20(24)25)18-14(22)15(23)19-17-8-9-3-1-2-4-13(9)21/h1-8,21H,(H,18,22)(H,19,23)/b17-8+. The summed E-state index contributed by atoms with van der Waals surface area (Å²) in [5, 5.41) is 26.0. The molecule has 0 radical (unpaired) electrons. The number of hydrogen-bond acceptors (Lipinski definition) is 6. The Morgan fingerprint density at radius 1 is 1.20 bits per heavy atom. The minimum absolute atomic E-state index is 0.0286.